The number of piperidine rings is 1. The molecule has 7 heteroatoms. The molecule has 1 aromatic heterocycles. The molecule has 136 valence electrons. The predicted molar refractivity (Wildman–Crippen MR) is 101 cm³/mol. The molecular weight excluding hydrogens is 396 g/mol. The lowest BCUT2D eigenvalue weighted by molar-refractivity contribution is -0.126. The first-order valence-electron chi connectivity index (χ1n) is 9.00. The fourth-order valence-corrected chi connectivity index (χ4v) is 3.54. The van der Waals surface area contributed by atoms with E-state index in [1.165, 1.54) is 0 Å². The van der Waals surface area contributed by atoms with E-state index >= 15 is 0 Å². The molecule has 2 heterocycles. The minimum absolute atomic E-state index is 0.0581. The number of aromatic nitrogens is 2. The van der Waals surface area contributed by atoms with E-state index in [0.717, 1.165) is 35.8 Å². The number of carbonyl (C=O) groups is 2. The summed E-state index contributed by atoms with van der Waals surface area (Å²) in [4.78, 5) is 26.9. The Labute approximate surface area is 160 Å². The van der Waals surface area contributed by atoms with Crippen LogP contribution < -0.4 is 5.32 Å². The Bertz CT molecular complexity index is 813. The Morgan fingerprint density at radius 2 is 1.92 bits per heavy atom. The zero-order chi connectivity index (χ0) is 18.1. The highest BCUT2D eigenvalue weighted by Gasteiger charge is 2.32. The molecule has 2 aliphatic rings. The van der Waals surface area contributed by atoms with E-state index in [1.807, 2.05) is 24.3 Å². The number of nitrogens with zero attached hydrogens (tertiary/aromatic N) is 3. The number of carbonyl (C=O) groups excluding carboxylic acids is 2. The number of hydrogen-bond acceptors (Lipinski definition) is 3. The maximum Gasteiger partial charge on any atom is 0.257 e. The molecule has 26 heavy (non-hydrogen) atoms. The SMILES string of the molecule is O=C(NC1CC1)C1CCCN(C(=O)c2cnn(-c3ccc(Br)cc3)c2)C1. The van der Waals surface area contributed by atoms with Crippen molar-refractivity contribution in [3.05, 3.63) is 46.7 Å². The highest BCUT2D eigenvalue weighted by atomic mass is 79.9. The number of nitrogens with one attached hydrogen (secondary N) is 1. The largest absolute Gasteiger partial charge is 0.353 e. The van der Waals surface area contributed by atoms with E-state index in [9.17, 15) is 9.59 Å². The van der Waals surface area contributed by atoms with Crippen molar-refractivity contribution in [2.45, 2.75) is 31.7 Å². The minimum atomic E-state index is -0.102. The molecule has 1 N–H and O–H groups in total. The van der Waals surface area contributed by atoms with Crippen LogP contribution in [0.3, 0.4) is 0 Å². The average Bonchev–Trinajstić information content (AvgIpc) is 3.34. The van der Waals surface area contributed by atoms with Crippen molar-refractivity contribution in [3.63, 3.8) is 0 Å². The molecule has 0 radical (unpaired) electrons. The molecule has 2 amide bonds. The van der Waals surface area contributed by atoms with Crippen molar-refractivity contribution in [2.24, 2.45) is 5.92 Å². The van der Waals surface area contributed by atoms with Crippen LogP contribution in [-0.4, -0.2) is 45.6 Å². The maximum atomic E-state index is 12.8. The molecule has 0 bridgehead atoms. The summed E-state index contributed by atoms with van der Waals surface area (Å²) in [7, 11) is 0. The van der Waals surface area contributed by atoms with Gasteiger partial charge in [0.1, 0.15) is 0 Å². The van der Waals surface area contributed by atoms with Crippen molar-refractivity contribution in [1.29, 1.82) is 0 Å². The van der Waals surface area contributed by atoms with Crippen molar-refractivity contribution in [1.82, 2.24) is 20.0 Å². The van der Waals surface area contributed by atoms with Gasteiger partial charge in [0.2, 0.25) is 5.91 Å². The number of hydrogen-bond donors (Lipinski definition) is 1. The number of benzene rings is 1. The predicted octanol–water partition coefficient (Wildman–Crippen LogP) is 2.77. The Morgan fingerprint density at radius 3 is 2.65 bits per heavy atom. The second-order valence-electron chi connectivity index (χ2n) is 7.02. The summed E-state index contributed by atoms with van der Waals surface area (Å²) >= 11 is 3.41. The second-order valence-corrected chi connectivity index (χ2v) is 7.94. The van der Waals surface area contributed by atoms with Crippen LogP contribution in [0, 0.1) is 5.92 Å². The molecule has 1 unspecified atom stereocenters. The monoisotopic (exact) mass is 416 g/mol. The van der Waals surface area contributed by atoms with Gasteiger partial charge in [-0.3, -0.25) is 9.59 Å². The molecular formula is C19H21BrN4O2. The van der Waals surface area contributed by atoms with Gasteiger partial charge in [0, 0.05) is 29.8 Å². The molecule has 6 nitrogen and oxygen atoms in total. The Hall–Kier alpha value is -2.15. The van der Waals surface area contributed by atoms with Crippen LogP contribution >= 0.6 is 15.9 Å². The Kier molecular flexibility index (Phi) is 4.80. The van der Waals surface area contributed by atoms with Gasteiger partial charge >= 0.3 is 0 Å². The van der Waals surface area contributed by atoms with Gasteiger partial charge < -0.3 is 10.2 Å². The lowest BCUT2D eigenvalue weighted by Crippen LogP contribution is -2.45. The van der Waals surface area contributed by atoms with E-state index in [-0.39, 0.29) is 17.7 Å². The molecule has 4 rings (SSSR count). The minimum Gasteiger partial charge on any atom is -0.353 e. The number of halogens is 1. The van der Waals surface area contributed by atoms with Crippen LogP contribution in [0.15, 0.2) is 41.1 Å². The van der Waals surface area contributed by atoms with Crippen molar-refractivity contribution >= 4 is 27.7 Å². The molecule has 1 aromatic carbocycles. The van der Waals surface area contributed by atoms with Gasteiger partial charge in [0.15, 0.2) is 0 Å². The maximum absolute atomic E-state index is 12.8. The van der Waals surface area contributed by atoms with Crippen LogP contribution in [0.2, 0.25) is 0 Å². The summed E-state index contributed by atoms with van der Waals surface area (Å²) in [5, 5.41) is 7.36. The van der Waals surface area contributed by atoms with Crippen LogP contribution in [0.25, 0.3) is 5.69 Å². The van der Waals surface area contributed by atoms with Crippen molar-refractivity contribution in [2.75, 3.05) is 13.1 Å². The normalized spacial score (nSPS) is 20.0. The fourth-order valence-electron chi connectivity index (χ4n) is 3.27. The third-order valence-electron chi connectivity index (χ3n) is 4.92. The molecule has 0 spiro atoms. The molecule has 1 saturated carbocycles. The van der Waals surface area contributed by atoms with Gasteiger partial charge in [-0.1, -0.05) is 15.9 Å². The first-order valence-corrected chi connectivity index (χ1v) is 9.80. The smallest absolute Gasteiger partial charge is 0.257 e. The van der Waals surface area contributed by atoms with Gasteiger partial charge in [-0.05, 0) is 49.9 Å². The Balaban J connectivity index is 1.43. The zero-order valence-electron chi connectivity index (χ0n) is 14.4. The Morgan fingerprint density at radius 1 is 1.15 bits per heavy atom. The summed E-state index contributed by atoms with van der Waals surface area (Å²) in [6.45, 7) is 1.18. The topological polar surface area (TPSA) is 67.2 Å². The number of amides is 2. The summed E-state index contributed by atoms with van der Waals surface area (Å²) < 4.78 is 2.69. The summed E-state index contributed by atoms with van der Waals surface area (Å²) in [5.41, 5.74) is 1.45. The quantitative estimate of drug-likeness (QED) is 0.832. The third kappa shape index (κ3) is 3.82. The van der Waals surface area contributed by atoms with Gasteiger partial charge in [-0.2, -0.15) is 5.10 Å². The number of rotatable bonds is 4. The molecule has 2 aromatic rings. The van der Waals surface area contributed by atoms with E-state index in [1.54, 1.807) is 22.0 Å². The zero-order valence-corrected chi connectivity index (χ0v) is 16.0. The van der Waals surface area contributed by atoms with Crippen LogP contribution in [0.4, 0.5) is 0 Å². The number of likely N-dealkylation sites (tertiary alicyclic amines) is 1. The van der Waals surface area contributed by atoms with Gasteiger partial charge in [0.25, 0.3) is 5.91 Å². The molecule has 1 aliphatic heterocycles. The third-order valence-corrected chi connectivity index (χ3v) is 5.45. The standard InChI is InChI=1S/C19H21BrN4O2/c20-15-3-7-17(8-4-15)24-12-14(10-21-24)19(26)23-9-1-2-13(11-23)18(25)22-16-5-6-16/h3-4,7-8,10,12-13,16H,1-2,5-6,9,11H2,(H,22,25). The highest BCUT2D eigenvalue weighted by Crippen LogP contribution is 2.23. The molecule has 1 saturated heterocycles. The first-order chi connectivity index (χ1) is 12.6. The van der Waals surface area contributed by atoms with Crippen LogP contribution in [0.1, 0.15) is 36.0 Å². The lowest BCUT2D eigenvalue weighted by Gasteiger charge is -2.31. The van der Waals surface area contributed by atoms with E-state index in [2.05, 4.69) is 26.3 Å². The van der Waals surface area contributed by atoms with Gasteiger partial charge in [0.05, 0.1) is 23.4 Å². The van der Waals surface area contributed by atoms with E-state index in [4.69, 9.17) is 0 Å². The molecule has 1 aliphatic carbocycles. The van der Waals surface area contributed by atoms with Crippen LogP contribution in [-0.2, 0) is 4.79 Å². The first kappa shape index (κ1) is 17.3. The van der Waals surface area contributed by atoms with E-state index < -0.39 is 0 Å². The van der Waals surface area contributed by atoms with Crippen molar-refractivity contribution < 1.29 is 9.59 Å². The molecule has 2 fully saturated rings. The summed E-state index contributed by atoms with van der Waals surface area (Å²) in [6, 6.07) is 8.10. The van der Waals surface area contributed by atoms with Crippen molar-refractivity contribution in [3.8, 4) is 5.69 Å². The fraction of sp³-hybridized carbons (Fsp3) is 0.421. The lowest BCUT2D eigenvalue weighted by atomic mass is 9.96. The molecule has 1 atom stereocenters. The highest BCUT2D eigenvalue weighted by molar-refractivity contribution is 9.10. The van der Waals surface area contributed by atoms with E-state index in [0.29, 0.717) is 24.7 Å². The van der Waals surface area contributed by atoms with Gasteiger partial charge in [-0.25, -0.2) is 4.68 Å². The summed E-state index contributed by atoms with van der Waals surface area (Å²) in [5.74, 6) is -0.0670. The summed E-state index contributed by atoms with van der Waals surface area (Å²) in [6.07, 6.45) is 7.21. The average molecular weight is 417 g/mol. The van der Waals surface area contributed by atoms with Crippen LogP contribution in [0.5, 0.6) is 0 Å². The van der Waals surface area contributed by atoms with Gasteiger partial charge in [-0.15, -0.1) is 0 Å². The second kappa shape index (κ2) is 7.23.